The van der Waals surface area contributed by atoms with Crippen molar-refractivity contribution >= 4 is 28.1 Å². The fraction of sp³-hybridized carbons (Fsp3) is 0.304. The number of nitrogens with one attached hydrogen (secondary N) is 1. The minimum atomic E-state index is 0.0298. The van der Waals surface area contributed by atoms with Gasteiger partial charge in [0, 0.05) is 24.2 Å². The number of hydrogen-bond acceptors (Lipinski definition) is 5. The number of carbonyl (C=O) groups excluding carboxylic acids is 1. The molecule has 3 aromatic rings. The van der Waals surface area contributed by atoms with Crippen LogP contribution in [0.4, 0.5) is 10.8 Å². The molecule has 0 atom stereocenters. The highest BCUT2D eigenvalue weighted by molar-refractivity contribution is 7.14. The third-order valence-electron chi connectivity index (χ3n) is 5.33. The smallest absolute Gasteiger partial charge is 0.273 e. The van der Waals surface area contributed by atoms with Crippen LogP contribution < -0.4 is 10.1 Å². The van der Waals surface area contributed by atoms with Crippen LogP contribution in [0.1, 0.15) is 28.9 Å². The number of likely N-dealkylation sites (tertiary alicyclic amines) is 1. The van der Waals surface area contributed by atoms with Gasteiger partial charge in [0.15, 0.2) is 5.13 Å². The third-order valence-corrected chi connectivity index (χ3v) is 6.09. The normalized spacial score (nSPS) is 14.6. The van der Waals surface area contributed by atoms with Crippen molar-refractivity contribution in [2.75, 3.05) is 25.5 Å². The van der Waals surface area contributed by atoms with Crippen LogP contribution in [0.3, 0.4) is 0 Å². The Morgan fingerprint density at radius 3 is 2.55 bits per heavy atom. The van der Waals surface area contributed by atoms with Crippen molar-refractivity contribution in [2.24, 2.45) is 5.92 Å². The lowest BCUT2D eigenvalue weighted by Gasteiger charge is -2.31. The highest BCUT2D eigenvalue weighted by Crippen LogP contribution is 2.26. The molecule has 0 radical (unpaired) electrons. The average Bonchev–Trinajstić information content (AvgIpc) is 3.23. The first-order valence-corrected chi connectivity index (χ1v) is 10.8. The first-order chi connectivity index (χ1) is 14.2. The van der Waals surface area contributed by atoms with Crippen LogP contribution in [0.5, 0.6) is 5.75 Å². The summed E-state index contributed by atoms with van der Waals surface area (Å²) in [5.41, 5.74) is 2.82. The number of methoxy groups -OCH3 is 1. The van der Waals surface area contributed by atoms with Crippen LogP contribution in [0.15, 0.2) is 60.0 Å². The Morgan fingerprint density at radius 2 is 1.86 bits per heavy atom. The van der Waals surface area contributed by atoms with Crippen LogP contribution in [0, 0.1) is 5.92 Å². The molecule has 5 nitrogen and oxygen atoms in total. The summed E-state index contributed by atoms with van der Waals surface area (Å²) in [7, 11) is 1.64. The van der Waals surface area contributed by atoms with Crippen LogP contribution in [-0.4, -0.2) is 36.0 Å². The Bertz CT molecular complexity index is 932. The van der Waals surface area contributed by atoms with E-state index in [0.29, 0.717) is 11.6 Å². The maximum Gasteiger partial charge on any atom is 0.273 e. The molecular weight excluding hydrogens is 382 g/mol. The van der Waals surface area contributed by atoms with Gasteiger partial charge in [0.2, 0.25) is 0 Å². The molecule has 2 heterocycles. The van der Waals surface area contributed by atoms with Crippen molar-refractivity contribution in [1.29, 1.82) is 0 Å². The number of thiazole rings is 1. The molecule has 1 aliphatic rings. The number of piperidine rings is 1. The first kappa shape index (κ1) is 19.5. The summed E-state index contributed by atoms with van der Waals surface area (Å²) in [5.74, 6) is 1.48. The summed E-state index contributed by atoms with van der Waals surface area (Å²) >= 11 is 1.45. The van der Waals surface area contributed by atoms with E-state index < -0.39 is 0 Å². The first-order valence-electron chi connectivity index (χ1n) is 9.91. The van der Waals surface area contributed by atoms with E-state index in [9.17, 15) is 4.79 Å². The molecule has 0 unspecified atom stereocenters. The van der Waals surface area contributed by atoms with Crippen molar-refractivity contribution < 1.29 is 9.53 Å². The van der Waals surface area contributed by atoms with Gasteiger partial charge in [0.1, 0.15) is 11.4 Å². The minimum Gasteiger partial charge on any atom is -0.497 e. The number of amides is 1. The molecule has 1 amide bonds. The number of ether oxygens (including phenoxy) is 1. The third kappa shape index (κ3) is 4.95. The van der Waals surface area contributed by atoms with Gasteiger partial charge in [-0.15, -0.1) is 11.3 Å². The zero-order valence-corrected chi connectivity index (χ0v) is 17.3. The Hall–Kier alpha value is -2.86. The van der Waals surface area contributed by atoms with E-state index in [-0.39, 0.29) is 5.91 Å². The molecule has 4 rings (SSSR count). The molecule has 2 aromatic carbocycles. The van der Waals surface area contributed by atoms with E-state index in [2.05, 4.69) is 40.6 Å². The van der Waals surface area contributed by atoms with Gasteiger partial charge < -0.3 is 15.0 Å². The lowest BCUT2D eigenvalue weighted by molar-refractivity contribution is 0.0685. The fourth-order valence-electron chi connectivity index (χ4n) is 3.68. The summed E-state index contributed by atoms with van der Waals surface area (Å²) in [5, 5.41) is 5.81. The van der Waals surface area contributed by atoms with E-state index in [1.807, 2.05) is 34.5 Å². The van der Waals surface area contributed by atoms with Crippen LogP contribution in [0.2, 0.25) is 0 Å². The SMILES string of the molecule is COc1ccc(Nc2nc(C(=O)N3CCC(Cc4ccccc4)CC3)cs2)cc1. The van der Waals surface area contributed by atoms with E-state index in [1.54, 1.807) is 7.11 Å². The van der Waals surface area contributed by atoms with E-state index in [1.165, 1.54) is 16.9 Å². The quantitative estimate of drug-likeness (QED) is 0.625. The monoisotopic (exact) mass is 407 g/mol. The number of hydrogen-bond donors (Lipinski definition) is 1. The highest BCUT2D eigenvalue weighted by atomic mass is 32.1. The van der Waals surface area contributed by atoms with Crippen LogP contribution >= 0.6 is 11.3 Å². The average molecular weight is 408 g/mol. The maximum atomic E-state index is 12.8. The second-order valence-corrected chi connectivity index (χ2v) is 8.17. The largest absolute Gasteiger partial charge is 0.497 e. The molecule has 0 saturated carbocycles. The molecule has 150 valence electrons. The summed E-state index contributed by atoms with van der Waals surface area (Å²) in [6.45, 7) is 1.60. The molecule has 0 bridgehead atoms. The number of carbonyl (C=O) groups is 1. The predicted molar refractivity (Wildman–Crippen MR) is 117 cm³/mol. The molecule has 1 saturated heterocycles. The number of nitrogens with zero attached hydrogens (tertiary/aromatic N) is 2. The second-order valence-electron chi connectivity index (χ2n) is 7.32. The van der Waals surface area contributed by atoms with Crippen molar-refractivity contribution in [3.63, 3.8) is 0 Å². The lowest BCUT2D eigenvalue weighted by atomic mass is 9.90. The Labute approximate surface area is 175 Å². The van der Waals surface area contributed by atoms with Gasteiger partial charge in [0.25, 0.3) is 5.91 Å². The second kappa shape index (κ2) is 9.09. The van der Waals surface area contributed by atoms with E-state index >= 15 is 0 Å². The molecule has 1 fully saturated rings. The minimum absolute atomic E-state index is 0.0298. The van der Waals surface area contributed by atoms with Crippen LogP contribution in [0.25, 0.3) is 0 Å². The van der Waals surface area contributed by atoms with Gasteiger partial charge in [-0.25, -0.2) is 4.98 Å². The molecule has 1 N–H and O–H groups in total. The van der Waals surface area contributed by atoms with Crippen molar-refractivity contribution in [1.82, 2.24) is 9.88 Å². The van der Waals surface area contributed by atoms with Gasteiger partial charge in [-0.2, -0.15) is 0 Å². The maximum absolute atomic E-state index is 12.8. The molecule has 6 heteroatoms. The standard InChI is InChI=1S/C23H25N3O2S/c1-28-20-9-7-19(8-10-20)24-23-25-21(16-29-23)22(27)26-13-11-18(12-14-26)15-17-5-3-2-4-6-17/h2-10,16,18H,11-15H2,1H3,(H,24,25). The number of anilines is 2. The number of rotatable bonds is 6. The molecule has 0 aliphatic carbocycles. The van der Waals surface area contributed by atoms with Crippen molar-refractivity contribution in [3.05, 3.63) is 71.2 Å². The fourth-order valence-corrected chi connectivity index (χ4v) is 4.38. The Morgan fingerprint density at radius 1 is 1.14 bits per heavy atom. The van der Waals surface area contributed by atoms with Gasteiger partial charge in [-0.3, -0.25) is 4.79 Å². The van der Waals surface area contributed by atoms with Gasteiger partial charge in [-0.1, -0.05) is 30.3 Å². The Kier molecular flexibility index (Phi) is 6.10. The highest BCUT2D eigenvalue weighted by Gasteiger charge is 2.25. The zero-order chi connectivity index (χ0) is 20.1. The summed E-state index contributed by atoms with van der Waals surface area (Å²) < 4.78 is 5.17. The van der Waals surface area contributed by atoms with E-state index in [4.69, 9.17) is 4.74 Å². The van der Waals surface area contributed by atoms with Gasteiger partial charge >= 0.3 is 0 Å². The lowest BCUT2D eigenvalue weighted by Crippen LogP contribution is -2.39. The Balaban J connectivity index is 1.31. The molecule has 1 aromatic heterocycles. The number of benzene rings is 2. The van der Waals surface area contributed by atoms with Gasteiger partial charge in [-0.05, 0) is 55.0 Å². The van der Waals surface area contributed by atoms with Crippen LogP contribution in [-0.2, 0) is 6.42 Å². The van der Waals surface area contributed by atoms with Crippen molar-refractivity contribution in [2.45, 2.75) is 19.3 Å². The topological polar surface area (TPSA) is 54.5 Å². The van der Waals surface area contributed by atoms with Gasteiger partial charge in [0.05, 0.1) is 7.11 Å². The molecular formula is C23H25N3O2S. The molecule has 29 heavy (non-hydrogen) atoms. The summed E-state index contributed by atoms with van der Waals surface area (Å²) in [6, 6.07) is 18.2. The summed E-state index contributed by atoms with van der Waals surface area (Å²) in [6.07, 6.45) is 3.18. The predicted octanol–water partition coefficient (Wildman–Crippen LogP) is 4.99. The molecule has 0 spiro atoms. The van der Waals surface area contributed by atoms with Crippen molar-refractivity contribution in [3.8, 4) is 5.75 Å². The van der Waals surface area contributed by atoms with E-state index in [0.717, 1.165) is 48.9 Å². The summed E-state index contributed by atoms with van der Waals surface area (Å²) in [4.78, 5) is 19.3. The number of aromatic nitrogens is 1. The zero-order valence-electron chi connectivity index (χ0n) is 16.5. The molecule has 1 aliphatic heterocycles.